The van der Waals surface area contributed by atoms with E-state index in [2.05, 4.69) is 6.08 Å². The van der Waals surface area contributed by atoms with Crippen LogP contribution in [0.3, 0.4) is 0 Å². The molecule has 0 fully saturated rings. The normalized spacial score (nSPS) is 27.1. The second-order valence-electron chi connectivity index (χ2n) is 5.03. The molecule has 0 saturated heterocycles. The average molecular weight is 369 g/mol. The van der Waals surface area contributed by atoms with E-state index in [1.807, 2.05) is 36.4 Å². The molecule has 4 heteroatoms. The molecule has 0 nitrogen and oxygen atoms in total. The Morgan fingerprint density at radius 3 is 1.77 bits per heavy atom. The van der Waals surface area contributed by atoms with Crippen molar-refractivity contribution in [3.63, 3.8) is 0 Å². The lowest BCUT2D eigenvalue weighted by Gasteiger charge is -2.41. The van der Waals surface area contributed by atoms with Crippen LogP contribution in [0.5, 0.6) is 0 Å². The second kappa shape index (κ2) is 5.94. The van der Waals surface area contributed by atoms with Crippen molar-refractivity contribution in [1.29, 1.82) is 0 Å². The SMILES string of the molecule is Clc1ccccc1C1(Cl)C=[C]C=CC1(Cl)c1ccccc1Cl. The first-order valence-electron chi connectivity index (χ1n) is 6.65. The molecule has 0 N–H and O–H groups in total. The lowest BCUT2D eigenvalue weighted by Crippen LogP contribution is -2.40. The maximum Gasteiger partial charge on any atom is 0.117 e. The number of hydrogen-bond acceptors (Lipinski definition) is 0. The maximum absolute atomic E-state index is 6.99. The van der Waals surface area contributed by atoms with Gasteiger partial charge < -0.3 is 0 Å². The number of hydrogen-bond donors (Lipinski definition) is 0. The first kappa shape index (κ1) is 16.0. The summed E-state index contributed by atoms with van der Waals surface area (Å²) in [7, 11) is 0. The van der Waals surface area contributed by atoms with Crippen molar-refractivity contribution in [3.05, 3.63) is 94.0 Å². The molecule has 0 saturated carbocycles. The lowest BCUT2D eigenvalue weighted by molar-refractivity contribution is 0.590. The van der Waals surface area contributed by atoms with E-state index in [1.54, 1.807) is 30.4 Å². The molecule has 0 heterocycles. The van der Waals surface area contributed by atoms with Crippen molar-refractivity contribution in [2.45, 2.75) is 9.75 Å². The predicted molar refractivity (Wildman–Crippen MR) is 94.9 cm³/mol. The number of alkyl halides is 2. The Kier molecular flexibility index (Phi) is 4.31. The molecule has 1 radical (unpaired) electrons. The van der Waals surface area contributed by atoms with Gasteiger partial charge in [0.25, 0.3) is 0 Å². The van der Waals surface area contributed by atoms with Crippen LogP contribution >= 0.6 is 46.4 Å². The van der Waals surface area contributed by atoms with Crippen LogP contribution in [0.4, 0.5) is 0 Å². The van der Waals surface area contributed by atoms with E-state index >= 15 is 0 Å². The third-order valence-electron chi connectivity index (χ3n) is 3.75. The summed E-state index contributed by atoms with van der Waals surface area (Å²) in [5.74, 6) is 0. The van der Waals surface area contributed by atoms with Crippen molar-refractivity contribution in [2.75, 3.05) is 0 Å². The summed E-state index contributed by atoms with van der Waals surface area (Å²) in [5, 5.41) is 1.09. The van der Waals surface area contributed by atoms with Gasteiger partial charge >= 0.3 is 0 Å². The topological polar surface area (TPSA) is 0 Å². The zero-order chi connectivity index (χ0) is 15.8. The molecule has 0 spiro atoms. The molecule has 0 amide bonds. The minimum Gasteiger partial charge on any atom is -0.107 e. The molecule has 3 rings (SSSR count). The monoisotopic (exact) mass is 367 g/mol. The zero-order valence-electron chi connectivity index (χ0n) is 11.4. The van der Waals surface area contributed by atoms with Crippen molar-refractivity contribution < 1.29 is 0 Å². The maximum atomic E-state index is 6.99. The molecule has 2 aromatic rings. The minimum absolute atomic E-state index is 0.544. The number of rotatable bonds is 2. The average Bonchev–Trinajstić information content (AvgIpc) is 2.51. The van der Waals surface area contributed by atoms with Crippen molar-refractivity contribution >= 4 is 46.4 Å². The Bertz CT molecular complexity index is 700. The molecule has 0 bridgehead atoms. The number of halogens is 4. The van der Waals surface area contributed by atoms with Gasteiger partial charge in [0.15, 0.2) is 0 Å². The largest absolute Gasteiger partial charge is 0.117 e. The highest BCUT2D eigenvalue weighted by Gasteiger charge is 2.51. The van der Waals surface area contributed by atoms with E-state index in [0.717, 1.165) is 5.56 Å². The van der Waals surface area contributed by atoms with Crippen LogP contribution in [-0.2, 0) is 9.75 Å². The van der Waals surface area contributed by atoms with Gasteiger partial charge in [-0.2, -0.15) is 0 Å². The minimum atomic E-state index is -1.09. The summed E-state index contributed by atoms with van der Waals surface area (Å²) in [6, 6.07) is 14.8. The van der Waals surface area contributed by atoms with E-state index in [4.69, 9.17) is 46.4 Å². The molecule has 2 aromatic carbocycles. The van der Waals surface area contributed by atoms with Crippen LogP contribution in [0.1, 0.15) is 11.1 Å². The Morgan fingerprint density at radius 1 is 0.727 bits per heavy atom. The highest BCUT2D eigenvalue weighted by atomic mass is 35.5. The molecule has 2 atom stereocenters. The molecule has 111 valence electrons. The lowest BCUT2D eigenvalue weighted by atomic mass is 9.77. The fourth-order valence-electron chi connectivity index (χ4n) is 2.62. The first-order chi connectivity index (χ1) is 10.5. The van der Waals surface area contributed by atoms with Crippen molar-refractivity contribution in [2.24, 2.45) is 0 Å². The molecular weight excluding hydrogens is 358 g/mol. The van der Waals surface area contributed by atoms with Crippen LogP contribution < -0.4 is 0 Å². The van der Waals surface area contributed by atoms with E-state index in [1.165, 1.54) is 0 Å². The van der Waals surface area contributed by atoms with Crippen LogP contribution in [-0.4, -0.2) is 0 Å². The summed E-state index contributed by atoms with van der Waals surface area (Å²) >= 11 is 26.7. The van der Waals surface area contributed by atoms with Gasteiger partial charge in [-0.1, -0.05) is 71.8 Å². The van der Waals surface area contributed by atoms with Crippen LogP contribution in [0, 0.1) is 6.08 Å². The Hall–Kier alpha value is -0.920. The molecule has 22 heavy (non-hydrogen) atoms. The quantitative estimate of drug-likeness (QED) is 0.531. The van der Waals surface area contributed by atoms with Gasteiger partial charge in [0, 0.05) is 10.0 Å². The highest BCUT2D eigenvalue weighted by Crippen LogP contribution is 2.56. The van der Waals surface area contributed by atoms with E-state index in [0.29, 0.717) is 15.6 Å². The fourth-order valence-corrected chi connectivity index (χ4v) is 4.07. The Labute approximate surface area is 150 Å². The summed E-state index contributed by atoms with van der Waals surface area (Å²) in [5.41, 5.74) is 1.44. The van der Waals surface area contributed by atoms with Crippen LogP contribution in [0.2, 0.25) is 10.0 Å². The highest BCUT2D eigenvalue weighted by molar-refractivity contribution is 6.40. The summed E-state index contributed by atoms with van der Waals surface area (Å²) in [4.78, 5) is -2.16. The van der Waals surface area contributed by atoms with Crippen molar-refractivity contribution in [3.8, 4) is 0 Å². The second-order valence-corrected chi connectivity index (χ2v) is 7.03. The van der Waals surface area contributed by atoms with E-state index < -0.39 is 9.75 Å². The van der Waals surface area contributed by atoms with Gasteiger partial charge in [0.05, 0.1) is 0 Å². The summed E-state index contributed by atoms with van der Waals surface area (Å²) < 4.78 is 0. The van der Waals surface area contributed by atoms with E-state index in [-0.39, 0.29) is 0 Å². The molecule has 1 aliphatic carbocycles. The van der Waals surface area contributed by atoms with Gasteiger partial charge in [-0.25, -0.2) is 0 Å². The fraction of sp³-hybridized carbons (Fsp3) is 0.111. The molecular formula is C18H11Cl4. The molecule has 0 aromatic heterocycles. The Morgan fingerprint density at radius 2 is 1.23 bits per heavy atom. The predicted octanol–water partition coefficient (Wildman–Crippen LogP) is 6.49. The molecule has 1 aliphatic rings. The van der Waals surface area contributed by atoms with Gasteiger partial charge in [0.1, 0.15) is 9.75 Å². The van der Waals surface area contributed by atoms with Crippen LogP contribution in [0.15, 0.2) is 66.8 Å². The smallest absolute Gasteiger partial charge is 0.107 e. The number of benzene rings is 2. The number of allylic oxidation sites excluding steroid dienone is 4. The summed E-state index contributed by atoms with van der Waals surface area (Å²) in [6.45, 7) is 0. The standard InChI is InChI=1S/C18H11Cl4/c19-15-9-3-1-7-13(15)17(21)11-5-6-12-18(17,22)14-8-2-4-10-16(14)20/h1-5,7-12H. The van der Waals surface area contributed by atoms with Crippen molar-refractivity contribution in [1.82, 2.24) is 0 Å². The first-order valence-corrected chi connectivity index (χ1v) is 8.16. The molecule has 2 unspecified atom stereocenters. The van der Waals surface area contributed by atoms with Gasteiger partial charge in [-0.3, -0.25) is 0 Å². The van der Waals surface area contributed by atoms with Gasteiger partial charge in [0.2, 0.25) is 0 Å². The third-order valence-corrected chi connectivity index (χ3v) is 5.75. The summed E-state index contributed by atoms with van der Waals surface area (Å²) in [6.07, 6.45) is 8.29. The third kappa shape index (κ3) is 2.39. The van der Waals surface area contributed by atoms with Gasteiger partial charge in [-0.05, 0) is 35.4 Å². The van der Waals surface area contributed by atoms with Crippen LogP contribution in [0.25, 0.3) is 0 Å². The van der Waals surface area contributed by atoms with E-state index in [9.17, 15) is 0 Å². The zero-order valence-corrected chi connectivity index (χ0v) is 14.4. The Balaban J connectivity index is 2.26. The van der Waals surface area contributed by atoms with Gasteiger partial charge in [-0.15, -0.1) is 23.2 Å². The molecule has 0 aliphatic heterocycles.